The minimum absolute atomic E-state index is 0.586. The van der Waals surface area contributed by atoms with Crippen molar-refractivity contribution in [2.45, 2.75) is 31.3 Å². The van der Waals surface area contributed by atoms with Gasteiger partial charge in [-0.15, -0.1) is 0 Å². The lowest BCUT2D eigenvalue weighted by Gasteiger charge is -2.30. The smallest absolute Gasteiger partial charge is 0.125 e. The summed E-state index contributed by atoms with van der Waals surface area (Å²) in [7, 11) is 0. The van der Waals surface area contributed by atoms with Gasteiger partial charge in [0.1, 0.15) is 5.60 Å². The number of hydrogen-bond acceptors (Lipinski definition) is 2. The Labute approximate surface area is 61.4 Å². The molecule has 2 nitrogen and oxygen atoms in total. The lowest BCUT2D eigenvalue weighted by atomic mass is 9.81. The van der Waals surface area contributed by atoms with E-state index in [4.69, 9.17) is 5.73 Å². The van der Waals surface area contributed by atoms with Gasteiger partial charge < -0.3 is 10.8 Å². The number of rotatable bonds is 1. The van der Waals surface area contributed by atoms with Crippen LogP contribution in [0.15, 0.2) is 0 Å². The van der Waals surface area contributed by atoms with Gasteiger partial charge in [-0.2, -0.15) is 0 Å². The lowest BCUT2D eigenvalue weighted by Crippen LogP contribution is -2.34. The van der Waals surface area contributed by atoms with Gasteiger partial charge in [-0.05, 0) is 19.3 Å². The van der Waals surface area contributed by atoms with Gasteiger partial charge in [-0.25, -0.2) is 0 Å². The molecule has 0 saturated heterocycles. The van der Waals surface area contributed by atoms with Gasteiger partial charge >= 0.3 is 0 Å². The Balaban J connectivity index is 2.30. The summed E-state index contributed by atoms with van der Waals surface area (Å²) in [4.78, 5) is 0. The van der Waals surface area contributed by atoms with Gasteiger partial charge in [-0.3, -0.25) is 0 Å². The molecule has 1 aliphatic rings. The van der Waals surface area contributed by atoms with E-state index in [-0.39, 0.29) is 0 Å². The van der Waals surface area contributed by atoms with Crippen LogP contribution in [0.25, 0.3) is 0 Å². The molecule has 0 spiro atoms. The highest BCUT2D eigenvalue weighted by molar-refractivity contribution is 5.17. The predicted molar refractivity (Wildman–Crippen MR) is 40.2 cm³/mol. The zero-order valence-electron chi connectivity index (χ0n) is 6.06. The Bertz CT molecular complexity index is 162. The Kier molecular flexibility index (Phi) is 2.31. The average Bonchev–Trinajstić information content (AvgIpc) is 1.85. The molecule has 0 atom stereocenters. The number of aliphatic hydroxyl groups is 1. The van der Waals surface area contributed by atoms with Gasteiger partial charge in [0, 0.05) is 13.0 Å². The number of hydrogen-bond donors (Lipinski definition) is 2. The van der Waals surface area contributed by atoms with Crippen LogP contribution in [0, 0.1) is 11.8 Å². The zero-order valence-corrected chi connectivity index (χ0v) is 6.06. The van der Waals surface area contributed by atoms with Crippen LogP contribution in [0.2, 0.25) is 0 Å². The van der Waals surface area contributed by atoms with Crippen LogP contribution >= 0.6 is 0 Å². The maximum atomic E-state index is 9.42. The first-order chi connectivity index (χ1) is 4.77. The third-order valence-electron chi connectivity index (χ3n) is 1.77. The summed E-state index contributed by atoms with van der Waals surface area (Å²) in [6.45, 7) is 0.586. The highest BCUT2D eigenvalue weighted by Crippen LogP contribution is 2.30. The van der Waals surface area contributed by atoms with Crippen molar-refractivity contribution in [1.82, 2.24) is 0 Å². The fraction of sp³-hybridized carbons (Fsp3) is 0.750. The van der Waals surface area contributed by atoms with Gasteiger partial charge in [0.25, 0.3) is 0 Å². The summed E-state index contributed by atoms with van der Waals surface area (Å²) in [6, 6.07) is 0. The summed E-state index contributed by atoms with van der Waals surface area (Å²) in [5.74, 6) is 5.67. The van der Waals surface area contributed by atoms with Crippen LogP contribution in [0.3, 0.4) is 0 Å². The van der Waals surface area contributed by atoms with E-state index in [1.54, 1.807) is 0 Å². The molecule has 0 aliphatic heterocycles. The fourth-order valence-corrected chi connectivity index (χ4v) is 0.936. The predicted octanol–water partition coefficient (Wildman–Crippen LogP) is 0.254. The van der Waals surface area contributed by atoms with Crippen molar-refractivity contribution in [3.8, 4) is 11.8 Å². The summed E-state index contributed by atoms with van der Waals surface area (Å²) in [5.41, 5.74) is 4.59. The van der Waals surface area contributed by atoms with Crippen molar-refractivity contribution in [1.29, 1.82) is 0 Å². The quantitative estimate of drug-likeness (QED) is 0.512. The maximum absolute atomic E-state index is 9.42. The minimum atomic E-state index is -0.644. The van der Waals surface area contributed by atoms with Gasteiger partial charge in [0.05, 0.1) is 0 Å². The highest BCUT2D eigenvalue weighted by Gasteiger charge is 2.31. The molecule has 0 aromatic heterocycles. The standard InChI is InChI=1S/C8H13NO/c9-7-2-1-4-8(10)5-3-6-8/h10H,2-3,5-7,9H2. The number of nitrogens with two attached hydrogens (primary N) is 1. The van der Waals surface area contributed by atoms with E-state index in [2.05, 4.69) is 11.8 Å². The average molecular weight is 139 g/mol. The first kappa shape index (κ1) is 7.59. The van der Waals surface area contributed by atoms with E-state index in [1.165, 1.54) is 0 Å². The molecule has 1 aliphatic carbocycles. The molecule has 0 amide bonds. The molecule has 56 valence electrons. The van der Waals surface area contributed by atoms with Crippen molar-refractivity contribution < 1.29 is 5.11 Å². The molecule has 1 saturated carbocycles. The van der Waals surface area contributed by atoms with Crippen molar-refractivity contribution >= 4 is 0 Å². The van der Waals surface area contributed by atoms with Crippen LogP contribution in [0.5, 0.6) is 0 Å². The Morgan fingerprint density at radius 2 is 2.20 bits per heavy atom. The summed E-state index contributed by atoms with van der Waals surface area (Å²) >= 11 is 0. The van der Waals surface area contributed by atoms with Crippen molar-refractivity contribution in [3.05, 3.63) is 0 Å². The molecule has 2 heteroatoms. The fourth-order valence-electron chi connectivity index (χ4n) is 0.936. The van der Waals surface area contributed by atoms with Crippen LogP contribution in [-0.4, -0.2) is 17.3 Å². The summed E-state index contributed by atoms with van der Waals surface area (Å²) in [5, 5.41) is 9.42. The zero-order chi connectivity index (χ0) is 7.45. The summed E-state index contributed by atoms with van der Waals surface area (Å²) < 4.78 is 0. The topological polar surface area (TPSA) is 46.2 Å². The first-order valence-electron chi connectivity index (χ1n) is 3.69. The second-order valence-corrected chi connectivity index (χ2v) is 2.73. The second kappa shape index (κ2) is 3.05. The molecular formula is C8H13NO. The molecule has 0 radical (unpaired) electrons. The van der Waals surface area contributed by atoms with E-state index in [0.29, 0.717) is 13.0 Å². The molecule has 0 unspecified atom stereocenters. The molecule has 0 heterocycles. The van der Waals surface area contributed by atoms with E-state index in [0.717, 1.165) is 19.3 Å². The molecular weight excluding hydrogens is 126 g/mol. The van der Waals surface area contributed by atoms with Gasteiger partial charge in [-0.1, -0.05) is 11.8 Å². The lowest BCUT2D eigenvalue weighted by molar-refractivity contribution is 0.0239. The van der Waals surface area contributed by atoms with E-state index in [1.807, 2.05) is 0 Å². The molecule has 0 aromatic rings. The SMILES string of the molecule is NCCC#CC1(O)CCC1. The van der Waals surface area contributed by atoms with Crippen LogP contribution < -0.4 is 5.73 Å². The first-order valence-corrected chi connectivity index (χ1v) is 3.69. The van der Waals surface area contributed by atoms with E-state index >= 15 is 0 Å². The highest BCUT2D eigenvalue weighted by atomic mass is 16.3. The summed E-state index contributed by atoms with van der Waals surface area (Å²) in [6.07, 6.45) is 3.48. The second-order valence-electron chi connectivity index (χ2n) is 2.73. The van der Waals surface area contributed by atoms with Crippen molar-refractivity contribution in [2.75, 3.05) is 6.54 Å². The largest absolute Gasteiger partial charge is 0.378 e. The molecule has 1 fully saturated rings. The molecule has 0 bridgehead atoms. The Morgan fingerprint density at radius 1 is 1.50 bits per heavy atom. The minimum Gasteiger partial charge on any atom is -0.378 e. The molecule has 10 heavy (non-hydrogen) atoms. The third-order valence-corrected chi connectivity index (χ3v) is 1.77. The Hall–Kier alpha value is -0.520. The van der Waals surface area contributed by atoms with E-state index < -0.39 is 5.60 Å². The Morgan fingerprint density at radius 3 is 2.60 bits per heavy atom. The third kappa shape index (κ3) is 1.73. The van der Waals surface area contributed by atoms with Crippen LogP contribution in [-0.2, 0) is 0 Å². The van der Waals surface area contributed by atoms with E-state index in [9.17, 15) is 5.11 Å². The van der Waals surface area contributed by atoms with Gasteiger partial charge in [0.2, 0.25) is 0 Å². The molecule has 3 N–H and O–H groups in total. The normalized spacial score (nSPS) is 20.6. The van der Waals surface area contributed by atoms with Gasteiger partial charge in [0.15, 0.2) is 0 Å². The van der Waals surface area contributed by atoms with Crippen molar-refractivity contribution in [3.63, 3.8) is 0 Å². The molecule has 1 rings (SSSR count). The monoisotopic (exact) mass is 139 g/mol. The van der Waals surface area contributed by atoms with Crippen molar-refractivity contribution in [2.24, 2.45) is 5.73 Å². The molecule has 0 aromatic carbocycles. The van der Waals surface area contributed by atoms with Crippen LogP contribution in [0.4, 0.5) is 0 Å². The maximum Gasteiger partial charge on any atom is 0.125 e. The van der Waals surface area contributed by atoms with Crippen LogP contribution in [0.1, 0.15) is 25.7 Å².